The Morgan fingerprint density at radius 1 is 1.29 bits per heavy atom. The summed E-state index contributed by atoms with van der Waals surface area (Å²) < 4.78 is 10.3. The van der Waals surface area contributed by atoms with E-state index in [9.17, 15) is 24.6 Å². The first-order valence-electron chi connectivity index (χ1n) is 9.58. The second-order valence-corrected chi connectivity index (χ2v) is 7.38. The Kier molecular flexibility index (Phi) is 5.15. The molecule has 3 heterocycles. The lowest BCUT2D eigenvalue weighted by molar-refractivity contribution is -0.161. The van der Waals surface area contributed by atoms with Gasteiger partial charge in [-0.25, -0.2) is 9.59 Å². The third-order valence-electron chi connectivity index (χ3n) is 5.51. The number of nitrogens with zero attached hydrogens (tertiary/aromatic N) is 1. The van der Waals surface area contributed by atoms with Crippen molar-refractivity contribution in [1.82, 2.24) is 4.90 Å². The van der Waals surface area contributed by atoms with Gasteiger partial charge in [0, 0.05) is 6.07 Å². The van der Waals surface area contributed by atoms with Crippen molar-refractivity contribution in [2.24, 2.45) is 5.92 Å². The first-order valence-corrected chi connectivity index (χ1v) is 9.58. The Morgan fingerprint density at radius 2 is 2.06 bits per heavy atom. The number of carboxylic acid groups (broad SMARTS) is 1. The number of hydrogen-bond acceptors (Lipinski definition) is 6. The fourth-order valence-electron chi connectivity index (χ4n) is 4.13. The van der Waals surface area contributed by atoms with Crippen LogP contribution in [0, 0.1) is 5.92 Å². The molecule has 10 nitrogen and oxygen atoms in total. The molecule has 0 bridgehead atoms. The average Bonchev–Trinajstić information content (AvgIpc) is 3.33. The molecule has 4 N–H and O–H groups in total. The van der Waals surface area contributed by atoms with Crippen LogP contribution in [0.5, 0.6) is 5.75 Å². The number of furan rings is 1. The molecule has 1 aromatic heterocycles. The summed E-state index contributed by atoms with van der Waals surface area (Å²) in [5.74, 6) is -1.91. The summed E-state index contributed by atoms with van der Waals surface area (Å²) in [7, 11) is 1.43. The Bertz CT molecular complexity index is 1070. The predicted octanol–water partition coefficient (Wildman–Crippen LogP) is 2.34. The van der Waals surface area contributed by atoms with Crippen LogP contribution in [0.25, 0.3) is 5.57 Å². The molecule has 10 heteroatoms. The number of aliphatic hydroxyl groups excluding tert-OH is 1. The highest BCUT2D eigenvalue weighted by molar-refractivity contribution is 6.06. The van der Waals surface area contributed by atoms with Crippen molar-refractivity contribution in [3.05, 3.63) is 48.1 Å². The molecule has 0 aliphatic carbocycles. The maximum absolute atomic E-state index is 12.4. The molecule has 3 atom stereocenters. The molecule has 0 saturated carbocycles. The van der Waals surface area contributed by atoms with Crippen LogP contribution in [0.2, 0.25) is 0 Å². The minimum absolute atomic E-state index is 0.0904. The Morgan fingerprint density at radius 3 is 2.68 bits per heavy atom. The van der Waals surface area contributed by atoms with Crippen molar-refractivity contribution >= 4 is 34.9 Å². The number of fused-ring (bicyclic) bond motifs is 1. The van der Waals surface area contributed by atoms with E-state index in [1.165, 1.54) is 31.5 Å². The smallest absolute Gasteiger partial charge is 0.352 e. The first-order chi connectivity index (χ1) is 14.8. The third-order valence-corrected chi connectivity index (χ3v) is 5.51. The maximum Gasteiger partial charge on any atom is 0.352 e. The fourth-order valence-corrected chi connectivity index (χ4v) is 4.13. The number of rotatable bonds is 6. The SMILES string of the molecule is COc1cc(C2=C(C(=O)O)N3C(=O)[C@H]([C@@H](C)O)[C@H]3C2)ccc1NC(=O)Nc1ccoc1. The van der Waals surface area contributed by atoms with Gasteiger partial charge in [0.05, 0.1) is 42.8 Å². The van der Waals surface area contributed by atoms with Gasteiger partial charge in [-0.1, -0.05) is 6.07 Å². The van der Waals surface area contributed by atoms with Gasteiger partial charge in [0.2, 0.25) is 5.91 Å². The number of aliphatic carboxylic acids is 1. The number of carboxylic acids is 1. The summed E-state index contributed by atoms with van der Waals surface area (Å²) in [6.07, 6.45) is 2.25. The number of carbonyl (C=O) groups excluding carboxylic acids is 2. The number of methoxy groups -OCH3 is 1. The van der Waals surface area contributed by atoms with Gasteiger partial charge >= 0.3 is 12.0 Å². The zero-order chi connectivity index (χ0) is 22.3. The summed E-state index contributed by atoms with van der Waals surface area (Å²) in [5, 5.41) is 24.9. The lowest BCUT2D eigenvalue weighted by atomic mass is 9.82. The highest BCUT2D eigenvalue weighted by Gasteiger charge is 2.56. The first kappa shape index (κ1) is 20.5. The Hall–Kier alpha value is -3.79. The topological polar surface area (TPSA) is 141 Å². The summed E-state index contributed by atoms with van der Waals surface area (Å²) in [5.41, 5.74) is 1.80. The van der Waals surface area contributed by atoms with Crippen molar-refractivity contribution in [2.45, 2.75) is 25.5 Å². The highest BCUT2D eigenvalue weighted by Crippen LogP contribution is 2.47. The molecule has 31 heavy (non-hydrogen) atoms. The molecule has 0 radical (unpaired) electrons. The molecule has 162 valence electrons. The molecule has 4 rings (SSSR count). The van der Waals surface area contributed by atoms with Crippen LogP contribution < -0.4 is 15.4 Å². The van der Waals surface area contributed by atoms with Gasteiger partial charge in [0.1, 0.15) is 17.7 Å². The van der Waals surface area contributed by atoms with Gasteiger partial charge in [-0.2, -0.15) is 0 Å². The number of anilines is 2. The normalized spacial score (nSPS) is 20.7. The van der Waals surface area contributed by atoms with Crippen LogP contribution in [-0.4, -0.2) is 52.3 Å². The van der Waals surface area contributed by atoms with Crippen molar-refractivity contribution in [3.63, 3.8) is 0 Å². The molecule has 1 saturated heterocycles. The zero-order valence-electron chi connectivity index (χ0n) is 16.8. The van der Waals surface area contributed by atoms with E-state index in [4.69, 9.17) is 9.15 Å². The zero-order valence-corrected chi connectivity index (χ0v) is 16.8. The quantitative estimate of drug-likeness (QED) is 0.519. The van der Waals surface area contributed by atoms with Crippen molar-refractivity contribution < 1.29 is 33.8 Å². The summed E-state index contributed by atoms with van der Waals surface area (Å²) in [4.78, 5) is 37.7. The maximum atomic E-state index is 12.4. The second kappa shape index (κ2) is 7.80. The second-order valence-electron chi connectivity index (χ2n) is 7.38. The van der Waals surface area contributed by atoms with Gasteiger partial charge in [-0.05, 0) is 36.6 Å². The third kappa shape index (κ3) is 3.50. The van der Waals surface area contributed by atoms with E-state index in [-0.39, 0.29) is 5.70 Å². The molecule has 0 spiro atoms. The van der Waals surface area contributed by atoms with E-state index < -0.39 is 36.0 Å². The van der Waals surface area contributed by atoms with E-state index in [1.54, 1.807) is 24.3 Å². The minimum atomic E-state index is -1.21. The van der Waals surface area contributed by atoms with Crippen LogP contribution >= 0.6 is 0 Å². The van der Waals surface area contributed by atoms with E-state index in [0.29, 0.717) is 34.7 Å². The molecule has 2 aliphatic rings. The largest absolute Gasteiger partial charge is 0.495 e. The highest BCUT2D eigenvalue weighted by atomic mass is 16.5. The van der Waals surface area contributed by atoms with Gasteiger partial charge in [-0.15, -0.1) is 0 Å². The molecule has 0 unspecified atom stereocenters. The van der Waals surface area contributed by atoms with Gasteiger partial charge in [0.15, 0.2) is 0 Å². The lowest BCUT2D eigenvalue weighted by Gasteiger charge is -2.44. The molecule has 2 aromatic rings. The fraction of sp³-hybridized carbons (Fsp3) is 0.286. The number of carbonyl (C=O) groups is 3. The van der Waals surface area contributed by atoms with Crippen LogP contribution in [-0.2, 0) is 9.59 Å². The van der Waals surface area contributed by atoms with Crippen LogP contribution in [0.3, 0.4) is 0 Å². The number of nitrogens with one attached hydrogen (secondary N) is 2. The minimum Gasteiger partial charge on any atom is -0.495 e. The average molecular weight is 427 g/mol. The van der Waals surface area contributed by atoms with Crippen LogP contribution in [0.15, 0.2) is 46.9 Å². The Labute approximate surface area is 177 Å². The number of β-lactam (4-membered cyclic amide) rings is 1. The van der Waals surface area contributed by atoms with E-state index >= 15 is 0 Å². The predicted molar refractivity (Wildman–Crippen MR) is 109 cm³/mol. The van der Waals surface area contributed by atoms with Crippen LogP contribution in [0.1, 0.15) is 18.9 Å². The van der Waals surface area contributed by atoms with E-state index in [2.05, 4.69) is 10.6 Å². The number of hydrogen-bond donors (Lipinski definition) is 4. The van der Waals surface area contributed by atoms with Crippen molar-refractivity contribution in [3.8, 4) is 5.75 Å². The van der Waals surface area contributed by atoms with Gasteiger partial charge in [-0.3, -0.25) is 4.79 Å². The number of aliphatic hydroxyl groups is 1. The lowest BCUT2D eigenvalue weighted by Crippen LogP contribution is -2.61. The van der Waals surface area contributed by atoms with E-state index in [0.717, 1.165) is 0 Å². The van der Waals surface area contributed by atoms with Crippen molar-refractivity contribution in [2.75, 3.05) is 17.7 Å². The molecular weight excluding hydrogens is 406 g/mol. The molecule has 3 amide bonds. The van der Waals surface area contributed by atoms with Crippen LogP contribution in [0.4, 0.5) is 16.2 Å². The monoisotopic (exact) mass is 427 g/mol. The number of urea groups is 1. The number of benzene rings is 1. The number of ether oxygens (including phenoxy) is 1. The number of amides is 3. The molecule has 1 fully saturated rings. The standard InChI is InChI=1S/C21H21N3O7/c1-10(25)17-15-8-13(18(20(27)28)24(15)19(17)26)11-3-4-14(16(7-11)30-2)23-21(29)22-12-5-6-31-9-12/h3-7,9-10,15,17,25H,8H2,1-2H3,(H,27,28)(H2,22,23,29)/t10-,15-,17-/m1/s1. The Balaban J connectivity index is 1.61. The summed E-state index contributed by atoms with van der Waals surface area (Å²) in [6.45, 7) is 1.52. The van der Waals surface area contributed by atoms with E-state index in [1.807, 2.05) is 0 Å². The summed E-state index contributed by atoms with van der Waals surface area (Å²) >= 11 is 0. The molecule has 2 aliphatic heterocycles. The molecular formula is C21H21N3O7. The van der Waals surface area contributed by atoms with Gasteiger partial charge < -0.3 is 34.9 Å². The van der Waals surface area contributed by atoms with Crippen molar-refractivity contribution in [1.29, 1.82) is 0 Å². The van der Waals surface area contributed by atoms with Gasteiger partial charge in [0.25, 0.3) is 0 Å². The summed E-state index contributed by atoms with van der Waals surface area (Å²) in [6, 6.07) is 5.55. The molecule has 1 aromatic carbocycles.